The molecule has 1 heterocycles. The monoisotopic (exact) mass is 253 g/mol. The van der Waals surface area contributed by atoms with Crippen molar-refractivity contribution >= 4 is 11.6 Å². The molecule has 0 radical (unpaired) electrons. The van der Waals surface area contributed by atoms with Crippen molar-refractivity contribution in [3.8, 4) is 0 Å². The Hall–Kier alpha value is -0.570. The van der Waals surface area contributed by atoms with Gasteiger partial charge in [-0.15, -0.1) is 0 Å². The third-order valence-electron chi connectivity index (χ3n) is 3.76. The molecule has 1 atom stereocenters. The van der Waals surface area contributed by atoms with Gasteiger partial charge in [-0.3, -0.25) is 4.90 Å². The summed E-state index contributed by atoms with van der Waals surface area (Å²) in [6.45, 7) is 4.31. The average Bonchev–Trinajstić information content (AvgIpc) is 2.32. The van der Waals surface area contributed by atoms with Crippen LogP contribution >= 0.6 is 11.6 Å². The number of nitrogens with zero attached hydrogens (tertiary/aromatic N) is 1. The highest BCUT2D eigenvalue weighted by Gasteiger charge is 2.33. The van der Waals surface area contributed by atoms with Crippen molar-refractivity contribution < 1.29 is 5.11 Å². The quantitative estimate of drug-likeness (QED) is 0.895. The number of likely N-dealkylation sites (tertiary alicyclic amines) is 1. The van der Waals surface area contributed by atoms with Gasteiger partial charge in [0.2, 0.25) is 0 Å². The van der Waals surface area contributed by atoms with Gasteiger partial charge in [0.05, 0.1) is 6.61 Å². The van der Waals surface area contributed by atoms with E-state index in [4.69, 9.17) is 11.6 Å². The first kappa shape index (κ1) is 12.9. The minimum Gasteiger partial charge on any atom is -0.394 e. The predicted molar refractivity (Wildman–Crippen MR) is 71.2 cm³/mol. The largest absolute Gasteiger partial charge is 0.394 e. The summed E-state index contributed by atoms with van der Waals surface area (Å²) in [5.41, 5.74) is 1.15. The van der Waals surface area contributed by atoms with E-state index in [1.807, 2.05) is 18.2 Å². The maximum absolute atomic E-state index is 9.59. The molecule has 2 rings (SSSR count). The Balaban J connectivity index is 2.11. The zero-order valence-electron chi connectivity index (χ0n) is 10.3. The topological polar surface area (TPSA) is 23.5 Å². The van der Waals surface area contributed by atoms with Crippen LogP contribution in [0.1, 0.15) is 31.7 Å². The normalized spacial score (nSPS) is 26.1. The number of aliphatic hydroxyl groups excluding tert-OH is 1. The molecule has 0 amide bonds. The number of rotatable bonds is 3. The highest BCUT2D eigenvalue weighted by Crippen LogP contribution is 2.29. The summed E-state index contributed by atoms with van der Waals surface area (Å²) in [6.07, 6.45) is 3.50. The summed E-state index contributed by atoms with van der Waals surface area (Å²) in [7, 11) is 0. The van der Waals surface area contributed by atoms with Gasteiger partial charge < -0.3 is 5.11 Å². The second-order valence-electron chi connectivity index (χ2n) is 5.16. The molecule has 0 unspecified atom stereocenters. The predicted octanol–water partition coefficient (Wildman–Crippen LogP) is 3.08. The third kappa shape index (κ3) is 3.01. The van der Waals surface area contributed by atoms with E-state index >= 15 is 0 Å². The Kier molecular flexibility index (Phi) is 4.08. The van der Waals surface area contributed by atoms with Crippen LogP contribution in [0, 0.1) is 0 Å². The van der Waals surface area contributed by atoms with Crippen LogP contribution in [-0.4, -0.2) is 28.7 Å². The third-order valence-corrected chi connectivity index (χ3v) is 4.00. The molecule has 94 valence electrons. The van der Waals surface area contributed by atoms with E-state index in [2.05, 4.69) is 17.9 Å². The van der Waals surface area contributed by atoms with E-state index in [9.17, 15) is 5.11 Å². The van der Waals surface area contributed by atoms with Gasteiger partial charge in [0.15, 0.2) is 0 Å². The number of benzene rings is 1. The first-order valence-corrected chi connectivity index (χ1v) is 6.62. The molecule has 2 nitrogen and oxygen atoms in total. The second-order valence-corrected chi connectivity index (χ2v) is 5.60. The van der Waals surface area contributed by atoms with E-state index in [1.165, 1.54) is 18.4 Å². The zero-order valence-corrected chi connectivity index (χ0v) is 11.1. The smallest absolute Gasteiger partial charge is 0.0612 e. The second kappa shape index (κ2) is 5.38. The Morgan fingerprint density at radius 2 is 2.24 bits per heavy atom. The fraction of sp³-hybridized carbons (Fsp3) is 0.571. The number of hydrogen-bond donors (Lipinski definition) is 1. The molecule has 0 aromatic heterocycles. The molecule has 0 aliphatic carbocycles. The first-order chi connectivity index (χ1) is 8.14. The van der Waals surface area contributed by atoms with Crippen LogP contribution < -0.4 is 0 Å². The molecular formula is C14H20ClNO. The summed E-state index contributed by atoms with van der Waals surface area (Å²) in [5, 5.41) is 10.4. The Morgan fingerprint density at radius 3 is 2.94 bits per heavy atom. The van der Waals surface area contributed by atoms with Crippen molar-refractivity contribution in [3.05, 3.63) is 34.9 Å². The molecule has 1 N–H and O–H groups in total. The van der Waals surface area contributed by atoms with E-state index in [-0.39, 0.29) is 12.1 Å². The van der Waals surface area contributed by atoms with Crippen molar-refractivity contribution in [2.75, 3.05) is 13.2 Å². The Morgan fingerprint density at radius 1 is 1.41 bits per heavy atom. The van der Waals surface area contributed by atoms with Crippen LogP contribution in [0.15, 0.2) is 24.3 Å². The molecule has 1 aliphatic heterocycles. The van der Waals surface area contributed by atoms with Gasteiger partial charge in [-0.25, -0.2) is 0 Å². The minimum absolute atomic E-state index is 0.0689. The van der Waals surface area contributed by atoms with Crippen LogP contribution in [0.4, 0.5) is 0 Å². The SMILES string of the molecule is C[C@]1(CO)CCCCN1Cc1cccc(Cl)c1. The summed E-state index contributed by atoms with van der Waals surface area (Å²) in [4.78, 5) is 2.38. The molecule has 0 saturated carbocycles. The van der Waals surface area contributed by atoms with Crippen LogP contribution in [0.5, 0.6) is 0 Å². The molecular weight excluding hydrogens is 234 g/mol. The summed E-state index contributed by atoms with van der Waals surface area (Å²) in [5.74, 6) is 0. The van der Waals surface area contributed by atoms with Crippen LogP contribution in [0.3, 0.4) is 0 Å². The average molecular weight is 254 g/mol. The van der Waals surface area contributed by atoms with Crippen molar-refractivity contribution in [3.63, 3.8) is 0 Å². The lowest BCUT2D eigenvalue weighted by molar-refractivity contribution is 0.00633. The molecule has 1 fully saturated rings. The van der Waals surface area contributed by atoms with Gasteiger partial charge in [0.1, 0.15) is 0 Å². The lowest BCUT2D eigenvalue weighted by Crippen LogP contribution is -2.51. The number of halogens is 1. The lowest BCUT2D eigenvalue weighted by Gasteiger charge is -2.44. The van der Waals surface area contributed by atoms with Crippen LogP contribution in [0.25, 0.3) is 0 Å². The van der Waals surface area contributed by atoms with E-state index < -0.39 is 0 Å². The maximum Gasteiger partial charge on any atom is 0.0612 e. The van der Waals surface area contributed by atoms with Crippen LogP contribution in [0.2, 0.25) is 5.02 Å². The number of hydrogen-bond acceptors (Lipinski definition) is 2. The van der Waals surface area contributed by atoms with Gasteiger partial charge in [-0.1, -0.05) is 30.2 Å². The van der Waals surface area contributed by atoms with Crippen molar-refractivity contribution in [2.45, 2.75) is 38.3 Å². The molecule has 1 aromatic carbocycles. The van der Waals surface area contributed by atoms with Gasteiger partial charge in [-0.2, -0.15) is 0 Å². The lowest BCUT2D eigenvalue weighted by atomic mass is 9.89. The fourth-order valence-corrected chi connectivity index (χ4v) is 2.75. The Labute approximate surface area is 108 Å². The Bertz CT molecular complexity index is 382. The van der Waals surface area contributed by atoms with Crippen LogP contribution in [-0.2, 0) is 6.54 Å². The van der Waals surface area contributed by atoms with Crippen molar-refractivity contribution in [1.29, 1.82) is 0 Å². The molecule has 3 heteroatoms. The summed E-state index contributed by atoms with van der Waals surface area (Å²) < 4.78 is 0. The summed E-state index contributed by atoms with van der Waals surface area (Å²) >= 11 is 6.00. The number of aliphatic hydroxyl groups is 1. The minimum atomic E-state index is -0.0689. The molecule has 17 heavy (non-hydrogen) atoms. The first-order valence-electron chi connectivity index (χ1n) is 6.24. The van der Waals surface area contributed by atoms with Gasteiger partial charge in [0, 0.05) is 17.1 Å². The highest BCUT2D eigenvalue weighted by atomic mass is 35.5. The molecule has 0 spiro atoms. The molecule has 0 bridgehead atoms. The standard InChI is InChI=1S/C14H20ClNO/c1-14(11-17)7-2-3-8-16(14)10-12-5-4-6-13(15)9-12/h4-6,9,17H,2-3,7-8,10-11H2,1H3/t14-/m1/s1. The van der Waals surface area contributed by atoms with Gasteiger partial charge >= 0.3 is 0 Å². The van der Waals surface area contributed by atoms with Crippen molar-refractivity contribution in [1.82, 2.24) is 4.90 Å². The maximum atomic E-state index is 9.59. The van der Waals surface area contributed by atoms with Gasteiger partial charge in [-0.05, 0) is 44.0 Å². The zero-order chi connectivity index (χ0) is 12.3. The number of piperidine rings is 1. The molecule has 1 saturated heterocycles. The van der Waals surface area contributed by atoms with E-state index in [0.717, 1.165) is 24.5 Å². The molecule has 1 aliphatic rings. The fourth-order valence-electron chi connectivity index (χ4n) is 2.54. The van der Waals surface area contributed by atoms with E-state index in [1.54, 1.807) is 0 Å². The highest BCUT2D eigenvalue weighted by molar-refractivity contribution is 6.30. The molecule has 1 aromatic rings. The summed E-state index contributed by atoms with van der Waals surface area (Å²) in [6, 6.07) is 7.98. The van der Waals surface area contributed by atoms with E-state index in [0.29, 0.717) is 0 Å². The van der Waals surface area contributed by atoms with Gasteiger partial charge in [0.25, 0.3) is 0 Å². The van der Waals surface area contributed by atoms with Crippen molar-refractivity contribution in [2.24, 2.45) is 0 Å².